The maximum atomic E-state index is 9.00. The van der Waals surface area contributed by atoms with Gasteiger partial charge in [0.15, 0.2) is 11.6 Å². The number of hydrogen-bond donors (Lipinski definition) is 2. The first kappa shape index (κ1) is 17.6. The molecule has 0 atom stereocenters. The fourth-order valence-corrected chi connectivity index (χ4v) is 3.54. The fraction of sp³-hybridized carbons (Fsp3) is 0.238. The Balaban J connectivity index is 1.44. The Morgan fingerprint density at radius 1 is 1.00 bits per heavy atom. The zero-order valence-electron chi connectivity index (χ0n) is 15.7. The lowest BCUT2D eigenvalue weighted by molar-refractivity contribution is 0.0331. The standard InChI is InChI=1S/C21H19N7O/c22-12-14-1-3-15(4-2-14)20-17-11-16(5-6-18(17)24-26-20)21-23-19(25-27-21)13-28-7-9-29-10-8-28/h1-6,11H,7-10,13H2,(H,24,26)(H,23,25,27). The van der Waals surface area contributed by atoms with Crippen LogP contribution in [0.1, 0.15) is 11.4 Å². The van der Waals surface area contributed by atoms with E-state index < -0.39 is 0 Å². The molecular weight excluding hydrogens is 366 g/mol. The third-order valence-electron chi connectivity index (χ3n) is 5.12. The van der Waals surface area contributed by atoms with Crippen LogP contribution in [0.3, 0.4) is 0 Å². The van der Waals surface area contributed by atoms with Crippen LogP contribution in [0, 0.1) is 11.3 Å². The summed E-state index contributed by atoms with van der Waals surface area (Å²) < 4.78 is 5.39. The first-order chi connectivity index (χ1) is 14.3. The summed E-state index contributed by atoms with van der Waals surface area (Å²) in [6, 6.07) is 15.6. The Kier molecular flexibility index (Phi) is 4.52. The molecule has 144 valence electrons. The van der Waals surface area contributed by atoms with Crippen LogP contribution in [0.4, 0.5) is 0 Å². The SMILES string of the molecule is N#Cc1ccc(-c2n[nH]c3ccc(-c4nc(CN5CCOCC5)n[nH]4)cc23)cc1. The zero-order valence-corrected chi connectivity index (χ0v) is 15.7. The number of morpholine rings is 1. The van der Waals surface area contributed by atoms with E-state index in [0.717, 1.165) is 65.7 Å². The van der Waals surface area contributed by atoms with Crippen molar-refractivity contribution in [2.24, 2.45) is 0 Å². The van der Waals surface area contributed by atoms with E-state index >= 15 is 0 Å². The van der Waals surface area contributed by atoms with E-state index in [1.165, 1.54) is 0 Å². The van der Waals surface area contributed by atoms with Gasteiger partial charge in [0.1, 0.15) is 0 Å². The number of nitriles is 1. The van der Waals surface area contributed by atoms with Crippen LogP contribution < -0.4 is 0 Å². The summed E-state index contributed by atoms with van der Waals surface area (Å²) in [5.74, 6) is 1.52. The fourth-order valence-electron chi connectivity index (χ4n) is 3.54. The average molecular weight is 385 g/mol. The van der Waals surface area contributed by atoms with Crippen LogP contribution in [0.25, 0.3) is 33.5 Å². The largest absolute Gasteiger partial charge is 0.379 e. The smallest absolute Gasteiger partial charge is 0.165 e. The molecule has 1 aliphatic heterocycles. The van der Waals surface area contributed by atoms with E-state index in [-0.39, 0.29) is 0 Å². The van der Waals surface area contributed by atoms with Gasteiger partial charge in [0.25, 0.3) is 0 Å². The van der Waals surface area contributed by atoms with Crippen molar-refractivity contribution < 1.29 is 4.74 Å². The van der Waals surface area contributed by atoms with Gasteiger partial charge in [-0.25, -0.2) is 4.98 Å². The van der Waals surface area contributed by atoms with Gasteiger partial charge in [0, 0.05) is 29.6 Å². The highest BCUT2D eigenvalue weighted by Crippen LogP contribution is 2.29. The Labute approximate surface area is 167 Å². The van der Waals surface area contributed by atoms with Crippen molar-refractivity contribution in [2.45, 2.75) is 6.54 Å². The molecule has 2 aromatic heterocycles. The normalized spacial score (nSPS) is 14.9. The Bertz CT molecular complexity index is 1180. The number of nitrogens with zero attached hydrogens (tertiary/aromatic N) is 5. The second kappa shape index (κ2) is 7.47. The van der Waals surface area contributed by atoms with Crippen molar-refractivity contribution in [1.29, 1.82) is 5.26 Å². The highest BCUT2D eigenvalue weighted by Gasteiger charge is 2.15. The van der Waals surface area contributed by atoms with Crippen LogP contribution in [0.5, 0.6) is 0 Å². The van der Waals surface area contributed by atoms with Gasteiger partial charge >= 0.3 is 0 Å². The van der Waals surface area contributed by atoms with Crippen molar-refractivity contribution in [3.8, 4) is 28.7 Å². The predicted octanol–water partition coefficient (Wildman–Crippen LogP) is 2.72. The lowest BCUT2D eigenvalue weighted by atomic mass is 10.0. The number of nitrogens with one attached hydrogen (secondary N) is 2. The van der Waals surface area contributed by atoms with Crippen molar-refractivity contribution in [1.82, 2.24) is 30.3 Å². The molecule has 0 amide bonds. The van der Waals surface area contributed by atoms with Crippen molar-refractivity contribution in [2.75, 3.05) is 26.3 Å². The minimum Gasteiger partial charge on any atom is -0.379 e. The molecule has 0 radical (unpaired) electrons. The van der Waals surface area contributed by atoms with Crippen LogP contribution in [-0.2, 0) is 11.3 Å². The lowest BCUT2D eigenvalue weighted by Gasteiger charge is -2.25. The summed E-state index contributed by atoms with van der Waals surface area (Å²) in [5, 5.41) is 25.0. The van der Waals surface area contributed by atoms with Gasteiger partial charge in [-0.3, -0.25) is 15.1 Å². The number of ether oxygens (including phenoxy) is 1. The van der Waals surface area contributed by atoms with Gasteiger partial charge in [0.05, 0.1) is 42.6 Å². The van der Waals surface area contributed by atoms with Crippen LogP contribution >= 0.6 is 0 Å². The number of fused-ring (bicyclic) bond motifs is 1. The van der Waals surface area contributed by atoms with E-state index in [9.17, 15) is 0 Å². The topological polar surface area (TPSA) is 107 Å². The highest BCUT2D eigenvalue weighted by atomic mass is 16.5. The van der Waals surface area contributed by atoms with Crippen LogP contribution in [0.15, 0.2) is 42.5 Å². The molecule has 0 bridgehead atoms. The molecule has 1 fully saturated rings. The lowest BCUT2D eigenvalue weighted by Crippen LogP contribution is -2.35. The Morgan fingerprint density at radius 2 is 1.79 bits per heavy atom. The third-order valence-corrected chi connectivity index (χ3v) is 5.12. The summed E-state index contributed by atoms with van der Waals surface area (Å²) in [4.78, 5) is 6.97. The minimum atomic E-state index is 0.628. The highest BCUT2D eigenvalue weighted by molar-refractivity contribution is 5.95. The first-order valence-corrected chi connectivity index (χ1v) is 9.50. The van der Waals surface area contributed by atoms with Crippen LogP contribution in [0.2, 0.25) is 0 Å². The minimum absolute atomic E-state index is 0.628. The number of aromatic nitrogens is 5. The number of hydrogen-bond acceptors (Lipinski definition) is 6. The van der Waals surface area contributed by atoms with Gasteiger partial charge in [0.2, 0.25) is 0 Å². The second-order valence-electron chi connectivity index (χ2n) is 7.01. The monoisotopic (exact) mass is 385 g/mol. The molecule has 8 heteroatoms. The molecule has 1 saturated heterocycles. The van der Waals surface area contributed by atoms with Crippen molar-refractivity contribution in [3.05, 3.63) is 53.9 Å². The molecule has 3 heterocycles. The summed E-state index contributed by atoms with van der Waals surface area (Å²) in [5.41, 5.74) is 4.33. The first-order valence-electron chi connectivity index (χ1n) is 9.50. The van der Waals surface area contributed by atoms with Crippen molar-refractivity contribution >= 4 is 10.9 Å². The van der Waals surface area contributed by atoms with Crippen molar-refractivity contribution in [3.63, 3.8) is 0 Å². The van der Waals surface area contributed by atoms with Gasteiger partial charge < -0.3 is 4.74 Å². The molecule has 2 N–H and O–H groups in total. The molecule has 29 heavy (non-hydrogen) atoms. The van der Waals surface area contributed by atoms with E-state index in [2.05, 4.69) is 42.4 Å². The van der Waals surface area contributed by atoms with Gasteiger partial charge in [-0.2, -0.15) is 15.5 Å². The Hall–Kier alpha value is -3.54. The van der Waals surface area contributed by atoms with Gasteiger partial charge in [-0.1, -0.05) is 12.1 Å². The molecule has 8 nitrogen and oxygen atoms in total. The number of aromatic amines is 2. The van der Waals surface area contributed by atoms with E-state index in [0.29, 0.717) is 12.1 Å². The summed E-state index contributed by atoms with van der Waals surface area (Å²) in [6.07, 6.45) is 0. The van der Waals surface area contributed by atoms with Gasteiger partial charge in [-0.15, -0.1) is 0 Å². The Morgan fingerprint density at radius 3 is 2.59 bits per heavy atom. The molecule has 4 aromatic rings. The number of benzene rings is 2. The van der Waals surface area contributed by atoms with E-state index in [1.54, 1.807) is 12.1 Å². The van der Waals surface area contributed by atoms with Crippen LogP contribution in [-0.4, -0.2) is 56.6 Å². The molecule has 0 aliphatic carbocycles. The molecular formula is C21H19N7O. The molecule has 0 spiro atoms. The van der Waals surface area contributed by atoms with E-state index in [4.69, 9.17) is 10.00 Å². The van der Waals surface area contributed by atoms with E-state index in [1.807, 2.05) is 24.3 Å². The predicted molar refractivity (Wildman–Crippen MR) is 108 cm³/mol. The zero-order chi connectivity index (χ0) is 19.6. The summed E-state index contributed by atoms with van der Waals surface area (Å²) >= 11 is 0. The average Bonchev–Trinajstić information content (AvgIpc) is 3.41. The summed E-state index contributed by atoms with van der Waals surface area (Å²) in [7, 11) is 0. The number of rotatable bonds is 4. The number of H-pyrrole nitrogens is 2. The van der Waals surface area contributed by atoms with Gasteiger partial charge in [-0.05, 0) is 30.3 Å². The molecule has 1 aliphatic rings. The third kappa shape index (κ3) is 3.49. The molecule has 0 unspecified atom stereocenters. The quantitative estimate of drug-likeness (QED) is 0.559. The molecule has 5 rings (SSSR count). The molecule has 0 saturated carbocycles. The second-order valence-corrected chi connectivity index (χ2v) is 7.01. The summed E-state index contributed by atoms with van der Waals surface area (Å²) in [6.45, 7) is 4.03. The molecule has 2 aromatic carbocycles. The maximum Gasteiger partial charge on any atom is 0.165 e. The maximum absolute atomic E-state index is 9.00.